The van der Waals surface area contributed by atoms with Crippen molar-refractivity contribution in [1.29, 1.82) is 0 Å². The molecule has 1 rings (SSSR count). The second-order valence-electron chi connectivity index (χ2n) is 3.16. The Hall–Kier alpha value is -0.700. The highest BCUT2D eigenvalue weighted by molar-refractivity contribution is 7.11. The lowest BCUT2D eigenvalue weighted by Crippen LogP contribution is -1.92. The zero-order valence-electron chi connectivity index (χ0n) is 8.17. The van der Waals surface area contributed by atoms with Crippen LogP contribution in [-0.4, -0.2) is 10.8 Å². The molecule has 0 atom stereocenters. The van der Waals surface area contributed by atoms with Crippen LogP contribution in [-0.2, 0) is 6.42 Å². The highest BCUT2D eigenvalue weighted by atomic mass is 32.1. The Kier molecular flexibility index (Phi) is 4.09. The quantitative estimate of drug-likeness (QED) is 0.536. The number of hydrogen-bond acceptors (Lipinski definition) is 3. The number of unbranched alkanes of at least 4 members (excludes halogenated alkanes) is 2. The zero-order chi connectivity index (χ0) is 9.68. The molecule has 0 aliphatic heterocycles. The van der Waals surface area contributed by atoms with Gasteiger partial charge in [0.25, 0.3) is 0 Å². The van der Waals surface area contributed by atoms with Crippen LogP contribution in [0.3, 0.4) is 0 Å². The summed E-state index contributed by atoms with van der Waals surface area (Å²) < 4.78 is 0. The van der Waals surface area contributed by atoms with Gasteiger partial charge >= 0.3 is 0 Å². The summed E-state index contributed by atoms with van der Waals surface area (Å²) in [6.07, 6.45) is 4.66. The zero-order valence-corrected chi connectivity index (χ0v) is 8.99. The average molecular weight is 197 g/mol. The molecule has 72 valence electrons. The third-order valence-corrected chi connectivity index (χ3v) is 2.88. The predicted octanol–water partition coefficient (Wildman–Crippen LogP) is 3.08. The van der Waals surface area contributed by atoms with E-state index >= 15 is 0 Å². The maximum Gasteiger partial charge on any atom is 0.188 e. The van der Waals surface area contributed by atoms with Crippen LogP contribution in [0.15, 0.2) is 5.38 Å². The summed E-state index contributed by atoms with van der Waals surface area (Å²) >= 11 is 1.46. The van der Waals surface area contributed by atoms with Crippen molar-refractivity contribution in [2.75, 3.05) is 0 Å². The summed E-state index contributed by atoms with van der Waals surface area (Å²) in [6.45, 7) is 3.75. The van der Waals surface area contributed by atoms with Crippen LogP contribution >= 0.6 is 11.3 Å². The molecule has 1 aromatic rings. The number of nitrogens with zero attached hydrogens (tertiary/aromatic N) is 1. The van der Waals surface area contributed by atoms with E-state index in [1.807, 2.05) is 5.38 Å². The molecule has 2 nitrogen and oxygen atoms in total. The lowest BCUT2D eigenvalue weighted by atomic mass is 10.2. The molecule has 1 heterocycles. The van der Waals surface area contributed by atoms with Crippen molar-refractivity contribution in [3.8, 4) is 0 Å². The molecular formula is C10H15NOS. The van der Waals surface area contributed by atoms with Crippen molar-refractivity contribution in [3.05, 3.63) is 16.1 Å². The molecule has 0 N–H and O–H groups in total. The highest BCUT2D eigenvalue weighted by Crippen LogP contribution is 2.12. The maximum absolute atomic E-state index is 10.9. The van der Waals surface area contributed by atoms with Crippen LogP contribution in [0.4, 0.5) is 0 Å². The minimum Gasteiger partial charge on any atom is -0.292 e. The van der Waals surface area contributed by atoms with E-state index in [4.69, 9.17) is 0 Å². The fraction of sp³-hybridized carbons (Fsp3) is 0.600. The highest BCUT2D eigenvalue weighted by Gasteiger charge is 2.05. The molecule has 0 bridgehead atoms. The van der Waals surface area contributed by atoms with Gasteiger partial charge in [0, 0.05) is 12.3 Å². The fourth-order valence-corrected chi connectivity index (χ4v) is 1.89. The smallest absolute Gasteiger partial charge is 0.188 e. The molecule has 0 spiro atoms. The van der Waals surface area contributed by atoms with Crippen LogP contribution in [0, 0.1) is 0 Å². The van der Waals surface area contributed by atoms with Crippen LogP contribution in [0.2, 0.25) is 0 Å². The van der Waals surface area contributed by atoms with Crippen LogP contribution < -0.4 is 0 Å². The van der Waals surface area contributed by atoms with Gasteiger partial charge in [0.1, 0.15) is 0 Å². The van der Waals surface area contributed by atoms with E-state index in [9.17, 15) is 4.79 Å². The standard InChI is InChI=1S/C10H15NOS/c1-3-4-5-6-9-7-13-10(11-9)8(2)12/h7H,3-6H2,1-2H3. The van der Waals surface area contributed by atoms with Crippen molar-refractivity contribution in [2.24, 2.45) is 0 Å². The number of Topliss-reactive ketones (excluding diaryl/α,β-unsaturated/α-hetero) is 1. The first-order valence-electron chi connectivity index (χ1n) is 4.69. The number of hydrogen-bond donors (Lipinski definition) is 0. The van der Waals surface area contributed by atoms with E-state index in [1.165, 1.54) is 30.6 Å². The Balaban J connectivity index is 2.44. The first-order valence-corrected chi connectivity index (χ1v) is 5.57. The van der Waals surface area contributed by atoms with Gasteiger partial charge in [0.2, 0.25) is 0 Å². The lowest BCUT2D eigenvalue weighted by molar-refractivity contribution is 0.101. The van der Waals surface area contributed by atoms with Crippen molar-refractivity contribution < 1.29 is 4.79 Å². The topological polar surface area (TPSA) is 30.0 Å². The normalized spacial score (nSPS) is 10.3. The molecule has 0 unspecified atom stereocenters. The van der Waals surface area contributed by atoms with Crippen molar-refractivity contribution in [1.82, 2.24) is 4.98 Å². The number of ketones is 1. The maximum atomic E-state index is 10.9. The molecule has 0 saturated carbocycles. The number of aryl methyl sites for hydroxylation is 1. The molecule has 0 radical (unpaired) electrons. The largest absolute Gasteiger partial charge is 0.292 e. The average Bonchev–Trinajstić information content (AvgIpc) is 2.53. The first kappa shape index (κ1) is 10.4. The molecule has 13 heavy (non-hydrogen) atoms. The monoisotopic (exact) mass is 197 g/mol. The number of rotatable bonds is 5. The summed E-state index contributed by atoms with van der Waals surface area (Å²) in [5.74, 6) is 0.0757. The van der Waals surface area contributed by atoms with Crippen LogP contribution in [0.1, 0.15) is 48.6 Å². The Morgan fingerprint density at radius 1 is 1.54 bits per heavy atom. The third kappa shape index (κ3) is 3.27. The van der Waals surface area contributed by atoms with Crippen LogP contribution in [0.25, 0.3) is 0 Å². The van der Waals surface area contributed by atoms with Gasteiger partial charge in [0.15, 0.2) is 10.8 Å². The SMILES string of the molecule is CCCCCc1csc(C(C)=O)n1. The van der Waals surface area contributed by atoms with Crippen LogP contribution in [0.5, 0.6) is 0 Å². The van der Waals surface area contributed by atoms with Gasteiger partial charge in [-0.1, -0.05) is 19.8 Å². The summed E-state index contributed by atoms with van der Waals surface area (Å²) in [7, 11) is 0. The number of carbonyl (C=O) groups excluding carboxylic acids is 1. The fourth-order valence-electron chi connectivity index (χ4n) is 1.14. The van der Waals surface area contributed by atoms with Crippen molar-refractivity contribution in [2.45, 2.75) is 39.5 Å². The Bertz CT molecular complexity index is 280. The Morgan fingerprint density at radius 2 is 2.31 bits per heavy atom. The molecule has 0 aromatic carbocycles. The van der Waals surface area contributed by atoms with Gasteiger partial charge in [0.05, 0.1) is 5.69 Å². The molecule has 3 heteroatoms. The molecule has 0 amide bonds. The number of aromatic nitrogens is 1. The van der Waals surface area contributed by atoms with E-state index in [0.29, 0.717) is 5.01 Å². The van der Waals surface area contributed by atoms with Crippen molar-refractivity contribution in [3.63, 3.8) is 0 Å². The van der Waals surface area contributed by atoms with Gasteiger partial charge < -0.3 is 0 Å². The minimum absolute atomic E-state index is 0.0757. The molecular weight excluding hydrogens is 182 g/mol. The van der Waals surface area contributed by atoms with Gasteiger partial charge in [-0.05, 0) is 12.8 Å². The molecule has 0 fully saturated rings. The van der Waals surface area contributed by atoms with E-state index in [2.05, 4.69) is 11.9 Å². The third-order valence-electron chi connectivity index (χ3n) is 1.89. The Morgan fingerprint density at radius 3 is 2.85 bits per heavy atom. The van der Waals surface area contributed by atoms with Gasteiger partial charge in [-0.25, -0.2) is 4.98 Å². The summed E-state index contributed by atoms with van der Waals surface area (Å²) in [6, 6.07) is 0. The van der Waals surface area contributed by atoms with Gasteiger partial charge in [-0.15, -0.1) is 11.3 Å². The molecule has 0 aliphatic rings. The second-order valence-corrected chi connectivity index (χ2v) is 4.02. The summed E-state index contributed by atoms with van der Waals surface area (Å²) in [5.41, 5.74) is 1.07. The lowest BCUT2D eigenvalue weighted by Gasteiger charge is -1.93. The number of carbonyl (C=O) groups is 1. The van der Waals surface area contributed by atoms with Gasteiger partial charge in [-0.3, -0.25) is 4.79 Å². The van der Waals surface area contributed by atoms with E-state index in [0.717, 1.165) is 12.1 Å². The number of thiazole rings is 1. The second kappa shape index (κ2) is 5.12. The first-order chi connectivity index (χ1) is 6.24. The summed E-state index contributed by atoms with van der Waals surface area (Å²) in [4.78, 5) is 15.2. The minimum atomic E-state index is 0.0757. The molecule has 0 saturated heterocycles. The van der Waals surface area contributed by atoms with E-state index in [1.54, 1.807) is 6.92 Å². The molecule has 1 aromatic heterocycles. The van der Waals surface area contributed by atoms with Crippen molar-refractivity contribution >= 4 is 17.1 Å². The Labute approximate surface area is 83.0 Å². The predicted molar refractivity (Wildman–Crippen MR) is 55.3 cm³/mol. The van der Waals surface area contributed by atoms with Gasteiger partial charge in [-0.2, -0.15) is 0 Å². The van der Waals surface area contributed by atoms with E-state index in [-0.39, 0.29) is 5.78 Å². The molecule has 0 aliphatic carbocycles. The summed E-state index contributed by atoms with van der Waals surface area (Å²) in [5, 5.41) is 2.64. The van der Waals surface area contributed by atoms with E-state index < -0.39 is 0 Å².